The van der Waals surface area contributed by atoms with Crippen LogP contribution in [0, 0.1) is 5.82 Å². The van der Waals surface area contributed by atoms with Crippen LogP contribution in [0.15, 0.2) is 60.8 Å². The fraction of sp³-hybridized carbons (Fsp3) is 0.308. The average Bonchev–Trinajstić information content (AvgIpc) is 3.49. The van der Waals surface area contributed by atoms with E-state index >= 15 is 0 Å². The number of ether oxygens (including phenoxy) is 2. The van der Waals surface area contributed by atoms with Crippen LogP contribution in [-0.2, 0) is 11.3 Å². The average molecular weight is 464 g/mol. The Balaban J connectivity index is 1.42. The number of amides is 2. The van der Waals surface area contributed by atoms with Crippen LogP contribution in [0.4, 0.5) is 4.39 Å². The largest absolute Gasteiger partial charge is 0.454 e. The maximum Gasteiger partial charge on any atom is 0.254 e. The van der Waals surface area contributed by atoms with Crippen molar-refractivity contribution in [3.05, 3.63) is 83.4 Å². The Morgan fingerprint density at radius 3 is 2.68 bits per heavy atom. The smallest absolute Gasteiger partial charge is 0.254 e. The van der Waals surface area contributed by atoms with Crippen molar-refractivity contribution in [3.63, 3.8) is 0 Å². The van der Waals surface area contributed by atoms with E-state index in [2.05, 4.69) is 4.57 Å². The highest BCUT2D eigenvalue weighted by atomic mass is 19.1. The second kappa shape index (κ2) is 8.85. The van der Waals surface area contributed by atoms with Gasteiger partial charge >= 0.3 is 0 Å². The third kappa shape index (κ3) is 4.00. The van der Waals surface area contributed by atoms with Crippen molar-refractivity contribution in [2.24, 2.45) is 0 Å². The molecule has 2 aliphatic heterocycles. The van der Waals surface area contributed by atoms with E-state index in [1.165, 1.54) is 12.1 Å². The van der Waals surface area contributed by atoms with Crippen LogP contribution < -0.4 is 9.47 Å². The Labute approximate surface area is 197 Å². The molecule has 0 radical (unpaired) electrons. The number of carbonyl (C=O) groups excluding carboxylic acids is 2. The van der Waals surface area contributed by atoms with E-state index in [1.54, 1.807) is 34.1 Å². The lowest BCUT2D eigenvalue weighted by molar-refractivity contribution is -0.135. The van der Waals surface area contributed by atoms with Gasteiger partial charge in [-0.3, -0.25) is 9.59 Å². The van der Waals surface area contributed by atoms with Gasteiger partial charge in [0.15, 0.2) is 11.5 Å². The highest BCUT2D eigenvalue weighted by Gasteiger charge is 2.34. The van der Waals surface area contributed by atoms with E-state index in [-0.39, 0.29) is 37.0 Å². The molecule has 0 saturated heterocycles. The number of hydrogen-bond donors (Lipinski definition) is 0. The van der Waals surface area contributed by atoms with E-state index in [9.17, 15) is 14.0 Å². The number of fused-ring (bicyclic) bond motifs is 2. The van der Waals surface area contributed by atoms with Crippen LogP contribution in [0.5, 0.6) is 11.5 Å². The van der Waals surface area contributed by atoms with Crippen LogP contribution in [0.1, 0.15) is 41.5 Å². The molecule has 1 aromatic heterocycles. The van der Waals surface area contributed by atoms with Crippen molar-refractivity contribution in [1.82, 2.24) is 14.4 Å². The Morgan fingerprint density at radius 2 is 1.88 bits per heavy atom. The number of aromatic nitrogens is 1. The molecular weight excluding hydrogens is 437 g/mol. The van der Waals surface area contributed by atoms with Crippen LogP contribution >= 0.6 is 0 Å². The number of benzene rings is 2. The van der Waals surface area contributed by atoms with Gasteiger partial charge in [0.1, 0.15) is 12.4 Å². The molecule has 2 aromatic carbocycles. The number of carbonyl (C=O) groups is 2. The summed E-state index contributed by atoms with van der Waals surface area (Å²) in [4.78, 5) is 30.3. The van der Waals surface area contributed by atoms with E-state index in [0.29, 0.717) is 35.7 Å². The summed E-state index contributed by atoms with van der Waals surface area (Å²) in [6.45, 7) is 4.89. The van der Waals surface area contributed by atoms with Crippen LogP contribution in [0.3, 0.4) is 0 Å². The summed E-state index contributed by atoms with van der Waals surface area (Å²) in [7, 11) is 0. The molecular formula is C26H26FN3O4. The molecule has 0 fully saturated rings. The van der Waals surface area contributed by atoms with Crippen molar-refractivity contribution in [2.45, 2.75) is 32.5 Å². The zero-order chi connectivity index (χ0) is 23.8. The number of halogens is 1. The first-order chi connectivity index (χ1) is 16.4. The van der Waals surface area contributed by atoms with Gasteiger partial charge in [0.2, 0.25) is 12.7 Å². The first-order valence-corrected chi connectivity index (χ1v) is 11.3. The summed E-state index contributed by atoms with van der Waals surface area (Å²) < 4.78 is 26.9. The zero-order valence-corrected chi connectivity index (χ0v) is 19.1. The topological polar surface area (TPSA) is 64.0 Å². The molecule has 0 aliphatic carbocycles. The van der Waals surface area contributed by atoms with E-state index in [1.807, 2.05) is 38.2 Å². The molecule has 2 amide bonds. The van der Waals surface area contributed by atoms with Gasteiger partial charge in [-0.2, -0.15) is 0 Å². The normalized spacial score (nSPS) is 16.5. The minimum Gasteiger partial charge on any atom is -0.454 e. The van der Waals surface area contributed by atoms with Crippen molar-refractivity contribution in [2.75, 3.05) is 19.9 Å². The Morgan fingerprint density at radius 1 is 1.06 bits per heavy atom. The summed E-state index contributed by atoms with van der Waals surface area (Å²) in [6, 6.07) is 14.6. The molecule has 2 aliphatic rings. The lowest BCUT2D eigenvalue weighted by atomic mass is 9.99. The molecule has 34 heavy (non-hydrogen) atoms. The van der Waals surface area contributed by atoms with E-state index in [0.717, 1.165) is 5.69 Å². The van der Waals surface area contributed by atoms with Gasteiger partial charge < -0.3 is 23.8 Å². The molecule has 0 spiro atoms. The minimum atomic E-state index is -0.429. The number of nitrogens with zero attached hydrogens (tertiary/aromatic N) is 3. The molecule has 0 N–H and O–H groups in total. The van der Waals surface area contributed by atoms with Crippen molar-refractivity contribution >= 4 is 11.8 Å². The quantitative estimate of drug-likeness (QED) is 0.577. The first kappa shape index (κ1) is 22.0. The third-order valence-electron chi connectivity index (χ3n) is 6.33. The predicted molar refractivity (Wildman–Crippen MR) is 123 cm³/mol. The number of rotatable bonds is 5. The summed E-state index contributed by atoms with van der Waals surface area (Å²) in [5.74, 6) is 0.311. The SMILES string of the molecule is CC(C)N(CC(=O)N1CCn2cccc2C1c1cccc(F)c1)C(=O)c1ccc2c(c1)OCO2. The van der Waals surface area contributed by atoms with Crippen LogP contribution in [0.25, 0.3) is 0 Å². The van der Waals surface area contributed by atoms with Gasteiger partial charge in [-0.1, -0.05) is 12.1 Å². The van der Waals surface area contributed by atoms with Gasteiger partial charge in [0, 0.05) is 36.6 Å². The summed E-state index contributed by atoms with van der Waals surface area (Å²) in [5.41, 5.74) is 2.05. The Bertz CT molecular complexity index is 1240. The van der Waals surface area contributed by atoms with Crippen molar-refractivity contribution in [3.8, 4) is 11.5 Å². The second-order valence-electron chi connectivity index (χ2n) is 8.77. The predicted octanol–water partition coefficient (Wildman–Crippen LogP) is 3.84. The van der Waals surface area contributed by atoms with Crippen molar-refractivity contribution in [1.29, 1.82) is 0 Å². The van der Waals surface area contributed by atoms with Gasteiger partial charge in [0.05, 0.1) is 6.04 Å². The molecule has 7 nitrogen and oxygen atoms in total. The molecule has 8 heteroatoms. The molecule has 1 unspecified atom stereocenters. The molecule has 3 heterocycles. The fourth-order valence-electron chi connectivity index (χ4n) is 4.60. The maximum absolute atomic E-state index is 14.1. The molecule has 0 saturated carbocycles. The van der Waals surface area contributed by atoms with Crippen LogP contribution in [0.2, 0.25) is 0 Å². The standard InChI is InChI=1S/C26H26FN3O4/c1-17(2)30(26(32)19-8-9-22-23(14-19)34-16-33-22)15-24(31)29-12-11-28-10-4-7-21(28)25(29)18-5-3-6-20(27)13-18/h3-10,13-14,17,25H,11-12,15-16H2,1-2H3. The number of hydrogen-bond acceptors (Lipinski definition) is 4. The highest BCUT2D eigenvalue weighted by Crippen LogP contribution is 2.34. The van der Waals surface area contributed by atoms with E-state index < -0.39 is 6.04 Å². The molecule has 176 valence electrons. The maximum atomic E-state index is 14.1. The third-order valence-corrected chi connectivity index (χ3v) is 6.33. The summed E-state index contributed by atoms with van der Waals surface area (Å²) in [6.07, 6.45) is 1.97. The van der Waals surface area contributed by atoms with E-state index in [4.69, 9.17) is 9.47 Å². The zero-order valence-electron chi connectivity index (χ0n) is 19.1. The Kier molecular flexibility index (Phi) is 5.73. The summed E-state index contributed by atoms with van der Waals surface area (Å²) in [5, 5.41) is 0. The lowest BCUT2D eigenvalue weighted by Crippen LogP contribution is -2.49. The molecule has 0 bridgehead atoms. The minimum absolute atomic E-state index is 0.0858. The van der Waals surface area contributed by atoms with Gasteiger partial charge in [-0.15, -0.1) is 0 Å². The van der Waals surface area contributed by atoms with Crippen molar-refractivity contribution < 1.29 is 23.5 Å². The summed E-state index contributed by atoms with van der Waals surface area (Å²) >= 11 is 0. The monoisotopic (exact) mass is 463 g/mol. The van der Waals surface area contributed by atoms with Gasteiger partial charge in [-0.25, -0.2) is 4.39 Å². The molecule has 1 atom stereocenters. The first-order valence-electron chi connectivity index (χ1n) is 11.3. The van der Waals surface area contributed by atoms with Gasteiger partial charge in [-0.05, 0) is 61.9 Å². The van der Waals surface area contributed by atoms with Crippen LogP contribution in [-0.4, -0.2) is 52.1 Å². The molecule has 5 rings (SSSR count). The molecule has 3 aromatic rings. The second-order valence-corrected chi connectivity index (χ2v) is 8.77. The Hall–Kier alpha value is -3.81. The lowest BCUT2D eigenvalue weighted by Gasteiger charge is -2.39. The van der Waals surface area contributed by atoms with Gasteiger partial charge in [0.25, 0.3) is 5.91 Å². The fourth-order valence-corrected chi connectivity index (χ4v) is 4.60. The highest BCUT2D eigenvalue weighted by molar-refractivity contribution is 5.97.